The van der Waals surface area contributed by atoms with Gasteiger partial charge < -0.3 is 9.72 Å². The van der Waals surface area contributed by atoms with Crippen LogP contribution in [-0.4, -0.2) is 21.8 Å². The molecule has 3 rings (SSSR count). The van der Waals surface area contributed by atoms with E-state index in [1.807, 2.05) is 12.1 Å². The quantitative estimate of drug-likeness (QED) is 0.884. The summed E-state index contributed by atoms with van der Waals surface area (Å²) in [5.74, 6) is 0.964. The molecule has 0 aromatic carbocycles. The van der Waals surface area contributed by atoms with E-state index in [1.165, 1.54) is 37.8 Å². The Hall–Kier alpha value is -1.84. The molecule has 2 aromatic rings. The van der Waals surface area contributed by atoms with Gasteiger partial charge in [-0.15, -0.1) is 0 Å². The van der Waals surface area contributed by atoms with Gasteiger partial charge in [0.1, 0.15) is 5.65 Å². The Kier molecular flexibility index (Phi) is 5.31. The zero-order valence-corrected chi connectivity index (χ0v) is 14.1. The first-order chi connectivity index (χ1) is 11.2. The van der Waals surface area contributed by atoms with Gasteiger partial charge in [-0.05, 0) is 31.4 Å². The van der Waals surface area contributed by atoms with Crippen molar-refractivity contribution in [3.63, 3.8) is 0 Å². The molecule has 0 radical (unpaired) electrons. The summed E-state index contributed by atoms with van der Waals surface area (Å²) >= 11 is 0. The maximum absolute atomic E-state index is 12.0. The lowest BCUT2D eigenvalue weighted by Gasteiger charge is -2.20. The summed E-state index contributed by atoms with van der Waals surface area (Å²) in [5.41, 5.74) is 3.19. The average Bonchev–Trinajstić information content (AvgIpc) is 2.98. The minimum atomic E-state index is 0.190. The van der Waals surface area contributed by atoms with Gasteiger partial charge in [-0.3, -0.25) is 4.79 Å². The summed E-state index contributed by atoms with van der Waals surface area (Å²) in [6.07, 6.45) is 11.3. The molecule has 23 heavy (non-hydrogen) atoms. The fourth-order valence-electron chi connectivity index (χ4n) is 3.55. The Labute approximate surface area is 138 Å². The second kappa shape index (κ2) is 7.62. The molecule has 1 amide bonds. The van der Waals surface area contributed by atoms with Gasteiger partial charge in [0.05, 0.1) is 5.69 Å². The molecule has 0 spiro atoms. The lowest BCUT2D eigenvalue weighted by Crippen LogP contribution is -2.26. The predicted molar refractivity (Wildman–Crippen MR) is 92.5 cm³/mol. The number of aromatic nitrogens is 2. The lowest BCUT2D eigenvalue weighted by atomic mass is 9.86. The van der Waals surface area contributed by atoms with E-state index in [2.05, 4.69) is 33.9 Å². The maximum atomic E-state index is 12.0. The van der Waals surface area contributed by atoms with Crippen LogP contribution in [0.3, 0.4) is 0 Å². The monoisotopic (exact) mass is 313 g/mol. The number of amides is 1. The number of carbonyl (C=O) groups excluding carboxylic acids is 1. The van der Waals surface area contributed by atoms with E-state index in [0.717, 1.165) is 30.1 Å². The van der Waals surface area contributed by atoms with E-state index in [4.69, 9.17) is 0 Å². The summed E-state index contributed by atoms with van der Waals surface area (Å²) in [6.45, 7) is 2.75. The van der Waals surface area contributed by atoms with Crippen molar-refractivity contribution < 1.29 is 4.79 Å². The number of hydrogen-bond donors (Lipinski definition) is 1. The Morgan fingerprint density at radius 3 is 2.91 bits per heavy atom. The number of rotatable bonds is 6. The highest BCUT2D eigenvalue weighted by atomic mass is 16.1. The van der Waals surface area contributed by atoms with Gasteiger partial charge >= 0.3 is 0 Å². The van der Waals surface area contributed by atoms with Crippen LogP contribution in [0.2, 0.25) is 0 Å². The molecule has 1 fully saturated rings. The first kappa shape index (κ1) is 16.0. The molecule has 1 aliphatic carbocycles. The number of carbonyl (C=O) groups is 1. The molecule has 1 N–H and O–H groups in total. The van der Waals surface area contributed by atoms with Crippen molar-refractivity contribution in [1.29, 1.82) is 0 Å². The molecule has 0 unspecified atom stereocenters. The summed E-state index contributed by atoms with van der Waals surface area (Å²) in [4.78, 5) is 16.6. The van der Waals surface area contributed by atoms with Crippen LogP contribution < -0.4 is 5.32 Å². The summed E-state index contributed by atoms with van der Waals surface area (Å²) in [5, 5.41) is 3.04. The van der Waals surface area contributed by atoms with E-state index < -0.39 is 0 Å². The van der Waals surface area contributed by atoms with Gasteiger partial charge in [-0.25, -0.2) is 4.98 Å². The van der Waals surface area contributed by atoms with Crippen LogP contribution in [0.15, 0.2) is 24.4 Å². The molecule has 4 heteroatoms. The largest absolute Gasteiger partial charge is 0.356 e. The molecule has 124 valence electrons. The first-order valence-electron chi connectivity index (χ1n) is 8.92. The molecule has 4 nitrogen and oxygen atoms in total. The van der Waals surface area contributed by atoms with Crippen LogP contribution in [0.25, 0.3) is 5.65 Å². The highest BCUT2D eigenvalue weighted by Crippen LogP contribution is 2.27. The third kappa shape index (κ3) is 4.34. The van der Waals surface area contributed by atoms with Crippen molar-refractivity contribution in [2.75, 3.05) is 6.54 Å². The lowest BCUT2D eigenvalue weighted by molar-refractivity contribution is -0.121. The van der Waals surface area contributed by atoms with Crippen molar-refractivity contribution in [2.45, 2.75) is 58.3 Å². The highest BCUT2D eigenvalue weighted by Gasteiger charge is 2.14. The Bertz CT molecular complexity index is 656. The summed E-state index contributed by atoms with van der Waals surface area (Å²) in [6, 6.07) is 6.11. The normalized spacial score (nSPS) is 15.9. The fraction of sp³-hybridized carbons (Fsp3) is 0.579. The van der Waals surface area contributed by atoms with E-state index in [9.17, 15) is 4.79 Å². The average molecular weight is 313 g/mol. The zero-order valence-electron chi connectivity index (χ0n) is 14.1. The molecular formula is C19H27N3O. The molecular weight excluding hydrogens is 286 g/mol. The molecule has 0 aliphatic heterocycles. The van der Waals surface area contributed by atoms with Crippen LogP contribution >= 0.6 is 0 Å². The number of fused-ring (bicyclic) bond motifs is 1. The molecule has 0 bridgehead atoms. The van der Waals surface area contributed by atoms with Crippen LogP contribution in [0.4, 0.5) is 0 Å². The van der Waals surface area contributed by atoms with Gasteiger partial charge in [-0.1, -0.05) is 38.2 Å². The second-order valence-corrected chi connectivity index (χ2v) is 6.77. The van der Waals surface area contributed by atoms with Crippen LogP contribution in [0.5, 0.6) is 0 Å². The molecule has 1 saturated carbocycles. The number of pyridine rings is 1. The SMILES string of the molecule is Cc1cccc2nc(CCNC(=O)CCC3CCCCC3)cn12. The molecule has 2 aromatic heterocycles. The first-order valence-corrected chi connectivity index (χ1v) is 8.92. The Morgan fingerprint density at radius 1 is 1.30 bits per heavy atom. The van der Waals surface area contributed by atoms with Gasteiger partial charge in [0, 0.05) is 31.3 Å². The number of imidazole rings is 1. The van der Waals surface area contributed by atoms with Crippen molar-refractivity contribution in [1.82, 2.24) is 14.7 Å². The van der Waals surface area contributed by atoms with E-state index in [-0.39, 0.29) is 5.91 Å². The van der Waals surface area contributed by atoms with Crippen molar-refractivity contribution in [3.8, 4) is 0 Å². The minimum absolute atomic E-state index is 0.190. The maximum Gasteiger partial charge on any atom is 0.220 e. The van der Waals surface area contributed by atoms with E-state index >= 15 is 0 Å². The number of nitrogens with zero attached hydrogens (tertiary/aromatic N) is 2. The Morgan fingerprint density at radius 2 is 2.13 bits per heavy atom. The van der Waals surface area contributed by atoms with Gasteiger partial charge in [0.25, 0.3) is 0 Å². The van der Waals surface area contributed by atoms with E-state index in [1.54, 1.807) is 0 Å². The minimum Gasteiger partial charge on any atom is -0.356 e. The van der Waals surface area contributed by atoms with Gasteiger partial charge in [0.15, 0.2) is 0 Å². The second-order valence-electron chi connectivity index (χ2n) is 6.77. The van der Waals surface area contributed by atoms with Crippen molar-refractivity contribution >= 4 is 11.6 Å². The van der Waals surface area contributed by atoms with Crippen LogP contribution in [0, 0.1) is 12.8 Å². The smallest absolute Gasteiger partial charge is 0.220 e. The van der Waals surface area contributed by atoms with Gasteiger partial charge in [-0.2, -0.15) is 0 Å². The topological polar surface area (TPSA) is 46.4 Å². The molecule has 0 saturated heterocycles. The third-order valence-electron chi connectivity index (χ3n) is 4.95. The van der Waals surface area contributed by atoms with Crippen molar-refractivity contribution in [3.05, 3.63) is 35.8 Å². The fourth-order valence-corrected chi connectivity index (χ4v) is 3.55. The van der Waals surface area contributed by atoms with Gasteiger partial charge in [0.2, 0.25) is 5.91 Å². The third-order valence-corrected chi connectivity index (χ3v) is 4.95. The molecule has 1 aliphatic rings. The number of hydrogen-bond acceptors (Lipinski definition) is 2. The summed E-state index contributed by atoms with van der Waals surface area (Å²) < 4.78 is 2.10. The highest BCUT2D eigenvalue weighted by molar-refractivity contribution is 5.75. The van der Waals surface area contributed by atoms with E-state index in [0.29, 0.717) is 13.0 Å². The number of nitrogens with one attached hydrogen (secondary N) is 1. The molecule has 2 heterocycles. The molecule has 0 atom stereocenters. The van der Waals surface area contributed by atoms with Crippen molar-refractivity contribution in [2.24, 2.45) is 5.92 Å². The van der Waals surface area contributed by atoms with Crippen LogP contribution in [0.1, 0.15) is 56.3 Å². The van der Waals surface area contributed by atoms with Crippen LogP contribution in [-0.2, 0) is 11.2 Å². The number of aryl methyl sites for hydroxylation is 1. The summed E-state index contributed by atoms with van der Waals surface area (Å²) in [7, 11) is 0. The zero-order chi connectivity index (χ0) is 16.1. The standard InChI is InChI=1S/C19H27N3O/c1-15-6-5-9-18-21-17(14-22(15)18)12-13-20-19(23)11-10-16-7-3-2-4-8-16/h5-6,9,14,16H,2-4,7-8,10-13H2,1H3,(H,20,23). The predicted octanol–water partition coefficient (Wildman–Crippen LogP) is 3.66. The Balaban J connectivity index is 1.41.